The van der Waals surface area contributed by atoms with Crippen LogP contribution < -0.4 is 0 Å². The van der Waals surface area contributed by atoms with Gasteiger partial charge in [0.2, 0.25) is 10.0 Å². The van der Waals surface area contributed by atoms with E-state index < -0.39 is 21.4 Å². The van der Waals surface area contributed by atoms with Crippen LogP contribution in [0.4, 0.5) is 4.39 Å². The molecule has 0 aromatic heterocycles. The fourth-order valence-corrected chi connectivity index (χ4v) is 4.21. The normalized spacial score (nSPS) is 20.0. The molecule has 0 spiro atoms. The summed E-state index contributed by atoms with van der Waals surface area (Å²) in [5.41, 5.74) is -0.154. The largest absolute Gasteiger partial charge is 0.378 e. The zero-order valence-electron chi connectivity index (χ0n) is 11.4. The molecule has 0 atom stereocenters. The van der Waals surface area contributed by atoms with E-state index in [1.807, 2.05) is 0 Å². The molecular weight excluding hydrogens is 305 g/mol. The van der Waals surface area contributed by atoms with Gasteiger partial charge in [0.25, 0.3) is 0 Å². The number of hydrogen-bond donors (Lipinski definition) is 0. The second kappa shape index (κ2) is 5.60. The van der Waals surface area contributed by atoms with E-state index in [4.69, 9.17) is 16.3 Å². The van der Waals surface area contributed by atoms with Gasteiger partial charge in [0.1, 0.15) is 10.7 Å². The third-order valence-corrected chi connectivity index (χ3v) is 5.74. The molecule has 1 aromatic carbocycles. The van der Waals surface area contributed by atoms with Gasteiger partial charge in [-0.05, 0) is 31.5 Å². The van der Waals surface area contributed by atoms with Crippen molar-refractivity contribution in [2.45, 2.75) is 30.2 Å². The Labute approximate surface area is 123 Å². The highest BCUT2D eigenvalue weighted by atomic mass is 35.5. The van der Waals surface area contributed by atoms with Crippen LogP contribution in [-0.2, 0) is 20.6 Å². The Morgan fingerprint density at radius 2 is 2.15 bits per heavy atom. The molecule has 1 aromatic rings. The van der Waals surface area contributed by atoms with Crippen LogP contribution in [0.1, 0.15) is 19.4 Å². The van der Waals surface area contributed by atoms with Crippen LogP contribution in [-0.4, -0.2) is 38.0 Å². The van der Waals surface area contributed by atoms with Gasteiger partial charge in [-0.3, -0.25) is 0 Å². The summed E-state index contributed by atoms with van der Waals surface area (Å²) in [5, 5.41) is 0. The molecule has 0 aliphatic carbocycles. The third-order valence-electron chi connectivity index (χ3n) is 3.29. The van der Waals surface area contributed by atoms with Gasteiger partial charge in [0.15, 0.2) is 0 Å². The molecule has 2 rings (SSSR count). The average Bonchev–Trinajstić information content (AvgIpc) is 2.37. The molecule has 1 saturated heterocycles. The van der Waals surface area contributed by atoms with Crippen LogP contribution in [0.15, 0.2) is 23.1 Å². The smallest absolute Gasteiger partial charge is 0.246 e. The van der Waals surface area contributed by atoms with Crippen LogP contribution in [0.3, 0.4) is 0 Å². The number of morpholine rings is 1. The van der Waals surface area contributed by atoms with Crippen molar-refractivity contribution in [1.82, 2.24) is 4.31 Å². The van der Waals surface area contributed by atoms with Gasteiger partial charge in [-0.25, -0.2) is 12.8 Å². The maximum atomic E-state index is 14.0. The minimum absolute atomic E-state index is 0.139. The van der Waals surface area contributed by atoms with Crippen molar-refractivity contribution in [3.05, 3.63) is 29.6 Å². The first kappa shape index (κ1) is 15.7. The number of benzene rings is 1. The minimum Gasteiger partial charge on any atom is -0.378 e. The van der Waals surface area contributed by atoms with Crippen molar-refractivity contribution in [1.29, 1.82) is 0 Å². The van der Waals surface area contributed by atoms with Crippen molar-refractivity contribution in [2.75, 3.05) is 19.8 Å². The molecule has 0 saturated carbocycles. The lowest BCUT2D eigenvalue weighted by Gasteiger charge is -2.40. The Bertz CT molecular complexity index is 604. The van der Waals surface area contributed by atoms with E-state index in [-0.39, 0.29) is 23.9 Å². The number of sulfonamides is 1. The summed E-state index contributed by atoms with van der Waals surface area (Å²) in [6.45, 7) is 4.33. The Hall–Kier alpha value is -0.690. The van der Waals surface area contributed by atoms with Crippen molar-refractivity contribution in [3.63, 3.8) is 0 Å². The van der Waals surface area contributed by atoms with Gasteiger partial charge in [0, 0.05) is 12.4 Å². The predicted molar refractivity (Wildman–Crippen MR) is 74.7 cm³/mol. The van der Waals surface area contributed by atoms with E-state index in [9.17, 15) is 12.8 Å². The summed E-state index contributed by atoms with van der Waals surface area (Å²) < 4.78 is 45.9. The van der Waals surface area contributed by atoms with E-state index in [0.717, 1.165) is 6.07 Å². The molecule has 1 aliphatic rings. The molecule has 1 heterocycles. The van der Waals surface area contributed by atoms with Gasteiger partial charge >= 0.3 is 0 Å². The lowest BCUT2D eigenvalue weighted by Crippen LogP contribution is -2.55. The van der Waals surface area contributed by atoms with Gasteiger partial charge in [-0.15, -0.1) is 11.6 Å². The summed E-state index contributed by atoms with van der Waals surface area (Å²) in [5.74, 6) is -0.634. The Balaban J connectivity index is 2.44. The van der Waals surface area contributed by atoms with Crippen LogP contribution in [0, 0.1) is 5.82 Å². The number of halogens is 2. The number of nitrogens with zero attached hydrogens (tertiary/aromatic N) is 1. The highest BCUT2D eigenvalue weighted by Crippen LogP contribution is 2.29. The van der Waals surface area contributed by atoms with E-state index in [0.29, 0.717) is 12.2 Å². The molecule has 112 valence electrons. The Morgan fingerprint density at radius 3 is 2.70 bits per heavy atom. The molecule has 0 amide bonds. The molecule has 4 nitrogen and oxygen atoms in total. The summed E-state index contributed by atoms with van der Waals surface area (Å²) in [6, 6.07) is 3.96. The highest BCUT2D eigenvalue weighted by Gasteiger charge is 2.40. The first-order valence-electron chi connectivity index (χ1n) is 6.24. The van der Waals surface area contributed by atoms with E-state index in [2.05, 4.69) is 0 Å². The fraction of sp³-hybridized carbons (Fsp3) is 0.538. The Morgan fingerprint density at radius 1 is 1.45 bits per heavy atom. The molecule has 1 aliphatic heterocycles. The standard InChI is InChI=1S/C13H17ClFNO3S/c1-13(2)9-19-6-5-16(13)20(17,18)12-4-3-10(8-14)7-11(12)15/h3-4,7H,5-6,8-9H2,1-2H3. The van der Waals surface area contributed by atoms with Crippen LogP contribution in [0.2, 0.25) is 0 Å². The number of rotatable bonds is 3. The van der Waals surface area contributed by atoms with Gasteiger partial charge in [0.05, 0.1) is 18.8 Å². The summed E-state index contributed by atoms with van der Waals surface area (Å²) >= 11 is 5.62. The fourth-order valence-electron chi connectivity index (χ4n) is 2.24. The van der Waals surface area contributed by atoms with Gasteiger partial charge in [-0.1, -0.05) is 6.07 Å². The first-order valence-corrected chi connectivity index (χ1v) is 8.21. The molecule has 7 heteroatoms. The van der Waals surface area contributed by atoms with Crippen LogP contribution >= 0.6 is 11.6 Å². The van der Waals surface area contributed by atoms with E-state index in [1.165, 1.54) is 16.4 Å². The molecule has 0 N–H and O–H groups in total. The third kappa shape index (κ3) is 2.83. The van der Waals surface area contributed by atoms with E-state index >= 15 is 0 Å². The number of hydrogen-bond acceptors (Lipinski definition) is 3. The second-order valence-electron chi connectivity index (χ2n) is 5.34. The van der Waals surface area contributed by atoms with Crippen molar-refractivity contribution in [3.8, 4) is 0 Å². The predicted octanol–water partition coefficient (Wildman–Crippen LogP) is 2.36. The summed E-state index contributed by atoms with van der Waals surface area (Å²) in [7, 11) is -3.89. The topological polar surface area (TPSA) is 46.6 Å². The molecule has 0 bridgehead atoms. The summed E-state index contributed by atoms with van der Waals surface area (Å²) in [6.07, 6.45) is 0. The molecule has 0 unspecified atom stereocenters. The average molecular weight is 322 g/mol. The highest BCUT2D eigenvalue weighted by molar-refractivity contribution is 7.89. The van der Waals surface area contributed by atoms with Crippen molar-refractivity contribution in [2.24, 2.45) is 0 Å². The number of ether oxygens (including phenoxy) is 1. The lowest BCUT2D eigenvalue weighted by atomic mass is 10.1. The van der Waals surface area contributed by atoms with Gasteiger partial charge < -0.3 is 4.74 Å². The quantitative estimate of drug-likeness (QED) is 0.803. The lowest BCUT2D eigenvalue weighted by molar-refractivity contribution is -0.00779. The van der Waals surface area contributed by atoms with Crippen molar-refractivity contribution >= 4 is 21.6 Å². The molecule has 20 heavy (non-hydrogen) atoms. The second-order valence-corrected chi connectivity index (χ2v) is 7.44. The van der Waals surface area contributed by atoms with E-state index in [1.54, 1.807) is 13.8 Å². The monoisotopic (exact) mass is 321 g/mol. The SMILES string of the molecule is CC1(C)COCCN1S(=O)(=O)c1ccc(CCl)cc1F. The van der Waals surface area contributed by atoms with Crippen molar-refractivity contribution < 1.29 is 17.5 Å². The zero-order valence-corrected chi connectivity index (χ0v) is 13.0. The Kier molecular flexibility index (Phi) is 4.39. The first-order chi connectivity index (χ1) is 9.29. The zero-order chi connectivity index (χ0) is 15.0. The maximum absolute atomic E-state index is 14.0. The maximum Gasteiger partial charge on any atom is 0.246 e. The molecule has 1 fully saturated rings. The molecular formula is C13H17ClFNO3S. The number of alkyl halides is 1. The minimum atomic E-state index is -3.89. The summed E-state index contributed by atoms with van der Waals surface area (Å²) in [4.78, 5) is -0.318. The van der Waals surface area contributed by atoms with Crippen LogP contribution in [0.25, 0.3) is 0 Å². The van der Waals surface area contributed by atoms with Gasteiger partial charge in [-0.2, -0.15) is 4.31 Å². The molecule has 0 radical (unpaired) electrons. The van der Waals surface area contributed by atoms with Crippen LogP contribution in [0.5, 0.6) is 0 Å².